The van der Waals surface area contributed by atoms with Gasteiger partial charge in [-0.2, -0.15) is 0 Å². The standard InChI is InChI=1S/C68H121N2O7P/c1-7-10-13-16-19-22-25-28-30-32-33-34-35-36-37-39-41-43-46-49-52-55-58-61-68(72)77-66(59-56-53-50-47-44-27-24-21-18-15-12-9-3)65(64-76-78(73,74)75-63-62-70(4,5)6)69-67(71)60-57-54-51-48-45-42-40-38-31-29-26-23-20-17-14-11-8-2/h11,14,19-20,22-23,28-31,40,42,48,51,56,59,65-66H,7-10,12-13,15-18,21,24-27,32-39,41,43-47,49-50,52-55,57-58,60-64H2,1-6H3,(H-,69,71,73,74)/p+1/b14-11-,22-19-,23-20-,30-28-,31-29-,42-40-,51-48-,59-56-. The molecule has 450 valence electrons. The van der Waals surface area contributed by atoms with Crippen molar-refractivity contribution >= 4 is 19.7 Å². The van der Waals surface area contributed by atoms with Crippen molar-refractivity contribution in [2.75, 3.05) is 40.9 Å². The van der Waals surface area contributed by atoms with Gasteiger partial charge in [0.1, 0.15) is 19.3 Å². The van der Waals surface area contributed by atoms with E-state index in [2.05, 4.69) is 111 Å². The van der Waals surface area contributed by atoms with Gasteiger partial charge in [0.2, 0.25) is 5.91 Å². The molecule has 3 atom stereocenters. The Kier molecular flexibility index (Phi) is 54.9. The third-order valence-electron chi connectivity index (χ3n) is 13.8. The second-order valence-electron chi connectivity index (χ2n) is 22.5. The maximum atomic E-state index is 13.5. The van der Waals surface area contributed by atoms with Crippen LogP contribution in [0.25, 0.3) is 0 Å². The molecule has 0 bridgehead atoms. The van der Waals surface area contributed by atoms with Crippen LogP contribution in [0, 0.1) is 0 Å². The number of amides is 1. The van der Waals surface area contributed by atoms with Gasteiger partial charge in [-0.05, 0) is 102 Å². The Morgan fingerprint density at radius 1 is 0.462 bits per heavy atom. The minimum Gasteiger partial charge on any atom is -0.456 e. The first-order valence-corrected chi connectivity index (χ1v) is 33.6. The molecule has 0 aliphatic heterocycles. The highest BCUT2D eigenvalue weighted by atomic mass is 31.2. The molecule has 10 heteroatoms. The lowest BCUT2D eigenvalue weighted by molar-refractivity contribution is -0.870. The summed E-state index contributed by atoms with van der Waals surface area (Å²) >= 11 is 0. The number of phosphoric ester groups is 1. The number of phosphoric acid groups is 1. The van der Waals surface area contributed by atoms with Crippen molar-refractivity contribution in [2.24, 2.45) is 0 Å². The second-order valence-corrected chi connectivity index (χ2v) is 24.0. The summed E-state index contributed by atoms with van der Waals surface area (Å²) in [7, 11) is 1.45. The number of carbonyl (C=O) groups excluding carboxylic acids is 2. The van der Waals surface area contributed by atoms with Gasteiger partial charge < -0.3 is 19.4 Å². The molecule has 0 aromatic rings. The van der Waals surface area contributed by atoms with Crippen LogP contribution in [-0.4, -0.2) is 74.3 Å². The lowest BCUT2D eigenvalue weighted by Crippen LogP contribution is -2.47. The molecule has 0 saturated heterocycles. The van der Waals surface area contributed by atoms with E-state index >= 15 is 0 Å². The quantitative estimate of drug-likeness (QED) is 0.0205. The fraction of sp³-hybridized carbons (Fsp3) is 0.735. The first-order chi connectivity index (χ1) is 37.9. The van der Waals surface area contributed by atoms with E-state index in [0.717, 1.165) is 83.5 Å². The molecule has 9 nitrogen and oxygen atoms in total. The maximum Gasteiger partial charge on any atom is 0.472 e. The average Bonchev–Trinajstić information content (AvgIpc) is 3.40. The van der Waals surface area contributed by atoms with Crippen molar-refractivity contribution in [3.8, 4) is 0 Å². The summed E-state index contributed by atoms with van der Waals surface area (Å²) in [5.74, 6) is -0.574. The van der Waals surface area contributed by atoms with E-state index < -0.39 is 20.0 Å². The lowest BCUT2D eigenvalue weighted by Gasteiger charge is -2.27. The third-order valence-corrected chi connectivity index (χ3v) is 14.7. The summed E-state index contributed by atoms with van der Waals surface area (Å²) in [6, 6.07) is -0.883. The number of nitrogens with one attached hydrogen (secondary N) is 1. The number of unbranched alkanes of at least 4 members (excludes halogenated alkanes) is 27. The van der Waals surface area contributed by atoms with Gasteiger partial charge in [0.05, 0.1) is 33.8 Å². The zero-order valence-corrected chi connectivity index (χ0v) is 52.3. The monoisotopic (exact) mass is 1110 g/mol. The minimum atomic E-state index is -4.47. The van der Waals surface area contributed by atoms with Gasteiger partial charge in [0.15, 0.2) is 0 Å². The number of nitrogens with zero attached hydrogens (tertiary/aromatic N) is 1. The molecule has 0 aromatic heterocycles. The van der Waals surface area contributed by atoms with E-state index in [1.54, 1.807) is 0 Å². The van der Waals surface area contributed by atoms with E-state index in [0.29, 0.717) is 17.4 Å². The van der Waals surface area contributed by atoms with Crippen molar-refractivity contribution in [1.29, 1.82) is 0 Å². The van der Waals surface area contributed by atoms with Crippen molar-refractivity contribution in [3.63, 3.8) is 0 Å². The minimum absolute atomic E-state index is 0.0258. The molecular weight excluding hydrogens is 988 g/mol. The smallest absolute Gasteiger partial charge is 0.456 e. The van der Waals surface area contributed by atoms with Gasteiger partial charge in [-0.25, -0.2) is 4.57 Å². The normalized spacial score (nSPS) is 14.3. The van der Waals surface area contributed by atoms with E-state index in [1.165, 1.54) is 148 Å². The number of quaternary nitrogens is 1. The Labute approximate surface area is 481 Å². The van der Waals surface area contributed by atoms with Crippen LogP contribution in [0.5, 0.6) is 0 Å². The predicted octanol–water partition coefficient (Wildman–Crippen LogP) is 19.9. The van der Waals surface area contributed by atoms with Crippen LogP contribution >= 0.6 is 7.82 Å². The Balaban J connectivity index is 5.25. The van der Waals surface area contributed by atoms with Crippen LogP contribution in [0.1, 0.15) is 271 Å². The van der Waals surface area contributed by atoms with Gasteiger partial charge in [-0.15, -0.1) is 0 Å². The Morgan fingerprint density at radius 2 is 0.833 bits per heavy atom. The van der Waals surface area contributed by atoms with Crippen molar-refractivity contribution in [3.05, 3.63) is 97.2 Å². The number of esters is 1. The van der Waals surface area contributed by atoms with Crippen LogP contribution in [0.4, 0.5) is 0 Å². The summed E-state index contributed by atoms with van der Waals surface area (Å²) in [6.07, 6.45) is 77.1. The van der Waals surface area contributed by atoms with Gasteiger partial charge >= 0.3 is 13.8 Å². The number of carbonyl (C=O) groups is 2. The molecule has 0 heterocycles. The van der Waals surface area contributed by atoms with Crippen molar-refractivity contribution in [2.45, 2.75) is 283 Å². The summed E-state index contributed by atoms with van der Waals surface area (Å²) < 4.78 is 30.7. The Bertz CT molecular complexity index is 1660. The average molecular weight is 1110 g/mol. The summed E-state index contributed by atoms with van der Waals surface area (Å²) in [5.41, 5.74) is 0. The highest BCUT2D eigenvalue weighted by molar-refractivity contribution is 7.47. The van der Waals surface area contributed by atoms with Crippen LogP contribution < -0.4 is 5.32 Å². The molecule has 0 aliphatic carbocycles. The number of hydrogen-bond acceptors (Lipinski definition) is 6. The summed E-state index contributed by atoms with van der Waals surface area (Å²) in [5, 5.41) is 3.02. The molecule has 0 spiro atoms. The maximum absolute atomic E-state index is 13.5. The first-order valence-electron chi connectivity index (χ1n) is 32.1. The number of likely N-dealkylation sites (N-methyl/N-ethyl adjacent to an activating group) is 1. The zero-order chi connectivity index (χ0) is 57.2. The number of hydrogen-bond donors (Lipinski definition) is 2. The molecular formula is C68H122N2O7P+. The fourth-order valence-electron chi connectivity index (χ4n) is 8.83. The van der Waals surface area contributed by atoms with E-state index in [1.807, 2.05) is 33.3 Å². The van der Waals surface area contributed by atoms with Crippen LogP contribution in [0.2, 0.25) is 0 Å². The molecule has 2 N–H and O–H groups in total. The van der Waals surface area contributed by atoms with Crippen LogP contribution in [0.3, 0.4) is 0 Å². The van der Waals surface area contributed by atoms with Gasteiger partial charge in [-0.3, -0.25) is 18.6 Å². The van der Waals surface area contributed by atoms with Gasteiger partial charge in [0, 0.05) is 12.8 Å². The molecule has 0 radical (unpaired) electrons. The Hall–Kier alpha value is -3.07. The number of allylic oxidation sites excluding steroid dienone is 15. The number of ether oxygens (including phenoxy) is 1. The largest absolute Gasteiger partial charge is 0.472 e. The first kappa shape index (κ1) is 74.9. The highest BCUT2D eigenvalue weighted by Crippen LogP contribution is 2.43. The van der Waals surface area contributed by atoms with E-state index in [4.69, 9.17) is 13.8 Å². The van der Waals surface area contributed by atoms with Crippen LogP contribution in [0.15, 0.2) is 97.2 Å². The SMILES string of the molecule is CC/C=C\C/C=C\C/C=C\C/C=C\C/C=C\CCCC(=O)NC(COP(=O)(O)OCC[N+](C)(C)C)C(/C=C\CCCCCCCCCCCC)OC(=O)CCCCCCCCCCCCCCC/C=C\C/C=C\CCCCC. The molecule has 0 saturated carbocycles. The summed E-state index contributed by atoms with van der Waals surface area (Å²) in [4.78, 5) is 37.7. The second kappa shape index (κ2) is 57.2. The molecule has 0 aliphatic rings. The summed E-state index contributed by atoms with van der Waals surface area (Å²) in [6.45, 7) is 6.83. The van der Waals surface area contributed by atoms with Crippen molar-refractivity contribution in [1.82, 2.24) is 5.32 Å². The molecule has 0 fully saturated rings. The van der Waals surface area contributed by atoms with Crippen LogP contribution in [-0.2, 0) is 27.9 Å². The fourth-order valence-corrected chi connectivity index (χ4v) is 9.57. The molecule has 3 unspecified atom stereocenters. The van der Waals surface area contributed by atoms with Gasteiger partial charge in [0.25, 0.3) is 0 Å². The Morgan fingerprint density at radius 3 is 1.28 bits per heavy atom. The lowest BCUT2D eigenvalue weighted by atomic mass is 10.0. The third kappa shape index (κ3) is 57.6. The topological polar surface area (TPSA) is 111 Å². The molecule has 78 heavy (non-hydrogen) atoms. The number of rotatable bonds is 57. The predicted molar refractivity (Wildman–Crippen MR) is 337 cm³/mol. The van der Waals surface area contributed by atoms with E-state index in [9.17, 15) is 19.0 Å². The molecule has 0 rings (SSSR count). The van der Waals surface area contributed by atoms with E-state index in [-0.39, 0.29) is 37.9 Å². The van der Waals surface area contributed by atoms with Crippen molar-refractivity contribution < 1.29 is 37.3 Å². The molecule has 1 amide bonds. The van der Waals surface area contributed by atoms with Gasteiger partial charge in [-0.1, -0.05) is 253 Å². The highest BCUT2D eigenvalue weighted by Gasteiger charge is 2.30. The molecule has 0 aromatic carbocycles. The zero-order valence-electron chi connectivity index (χ0n) is 51.4.